The van der Waals surface area contributed by atoms with Crippen LogP contribution in [0.1, 0.15) is 38.1 Å². The van der Waals surface area contributed by atoms with Crippen LogP contribution in [0.3, 0.4) is 0 Å². The van der Waals surface area contributed by atoms with Gasteiger partial charge >= 0.3 is 6.09 Å². The standard InChI is InChI=1S/C16H22N2O3/c1-10-11-7-5-6-8-13(11)20-14(10)12(9-17)18-15(19)21-16(2,3)4/h5-8,12H,9,17H2,1-4H3,(H,18,19). The van der Waals surface area contributed by atoms with E-state index < -0.39 is 17.7 Å². The van der Waals surface area contributed by atoms with Crippen molar-refractivity contribution in [3.8, 4) is 0 Å². The van der Waals surface area contributed by atoms with Gasteiger partial charge in [0.2, 0.25) is 0 Å². The van der Waals surface area contributed by atoms with E-state index in [9.17, 15) is 4.79 Å². The van der Waals surface area contributed by atoms with Crippen LogP contribution in [-0.2, 0) is 4.74 Å². The number of furan rings is 1. The van der Waals surface area contributed by atoms with Gasteiger partial charge in [0.15, 0.2) is 0 Å². The molecule has 1 atom stereocenters. The highest BCUT2D eigenvalue weighted by atomic mass is 16.6. The van der Waals surface area contributed by atoms with Gasteiger partial charge in [-0.1, -0.05) is 18.2 Å². The fourth-order valence-electron chi connectivity index (χ4n) is 2.21. The number of rotatable bonds is 3. The number of ether oxygens (including phenoxy) is 1. The molecule has 2 rings (SSSR count). The van der Waals surface area contributed by atoms with Gasteiger partial charge in [-0.05, 0) is 33.8 Å². The van der Waals surface area contributed by atoms with Gasteiger partial charge in [-0.25, -0.2) is 4.79 Å². The van der Waals surface area contributed by atoms with Crippen LogP contribution in [-0.4, -0.2) is 18.2 Å². The molecule has 1 unspecified atom stereocenters. The van der Waals surface area contributed by atoms with Gasteiger partial charge in [0.25, 0.3) is 0 Å². The second kappa shape index (κ2) is 5.77. The minimum absolute atomic E-state index is 0.236. The summed E-state index contributed by atoms with van der Waals surface area (Å²) in [5.74, 6) is 0.671. The van der Waals surface area contributed by atoms with E-state index in [1.807, 2.05) is 52.0 Å². The molecule has 5 heteroatoms. The van der Waals surface area contributed by atoms with E-state index in [0.717, 1.165) is 16.5 Å². The van der Waals surface area contributed by atoms with E-state index in [-0.39, 0.29) is 6.54 Å². The molecule has 5 nitrogen and oxygen atoms in total. The van der Waals surface area contributed by atoms with Crippen LogP contribution in [0.15, 0.2) is 28.7 Å². The SMILES string of the molecule is Cc1c(C(CN)NC(=O)OC(C)(C)C)oc2ccccc12. The van der Waals surface area contributed by atoms with Gasteiger partial charge in [-0.2, -0.15) is 0 Å². The summed E-state index contributed by atoms with van der Waals surface area (Å²) in [7, 11) is 0. The molecule has 0 fully saturated rings. The summed E-state index contributed by atoms with van der Waals surface area (Å²) < 4.78 is 11.1. The Morgan fingerprint density at radius 1 is 1.38 bits per heavy atom. The third-order valence-electron chi connectivity index (χ3n) is 3.12. The van der Waals surface area contributed by atoms with Crippen molar-refractivity contribution in [2.75, 3.05) is 6.54 Å². The number of alkyl carbamates (subject to hydrolysis) is 1. The third-order valence-corrected chi connectivity index (χ3v) is 3.12. The molecule has 1 aromatic carbocycles. The van der Waals surface area contributed by atoms with E-state index in [1.165, 1.54) is 0 Å². The summed E-state index contributed by atoms with van der Waals surface area (Å²) in [4.78, 5) is 11.9. The van der Waals surface area contributed by atoms with Crippen LogP contribution in [0.25, 0.3) is 11.0 Å². The lowest BCUT2D eigenvalue weighted by atomic mass is 10.1. The number of fused-ring (bicyclic) bond motifs is 1. The number of carbonyl (C=O) groups is 1. The number of para-hydroxylation sites is 1. The van der Waals surface area contributed by atoms with Crippen molar-refractivity contribution in [3.63, 3.8) is 0 Å². The normalized spacial score (nSPS) is 13.2. The largest absolute Gasteiger partial charge is 0.459 e. The number of aryl methyl sites for hydroxylation is 1. The van der Waals surface area contributed by atoms with Crippen molar-refractivity contribution < 1.29 is 13.9 Å². The zero-order valence-electron chi connectivity index (χ0n) is 12.9. The van der Waals surface area contributed by atoms with Crippen molar-refractivity contribution in [3.05, 3.63) is 35.6 Å². The Bertz CT molecular complexity index is 640. The van der Waals surface area contributed by atoms with Crippen molar-refractivity contribution in [2.24, 2.45) is 5.73 Å². The first-order chi connectivity index (χ1) is 9.81. The third kappa shape index (κ3) is 3.55. The van der Waals surface area contributed by atoms with E-state index in [2.05, 4.69) is 5.32 Å². The Kier molecular flexibility index (Phi) is 4.23. The molecule has 0 saturated carbocycles. The molecule has 21 heavy (non-hydrogen) atoms. The van der Waals surface area contributed by atoms with Crippen LogP contribution >= 0.6 is 0 Å². The van der Waals surface area contributed by atoms with Crippen molar-refractivity contribution in [1.82, 2.24) is 5.32 Å². The average Bonchev–Trinajstić information content (AvgIpc) is 2.72. The second-order valence-electron chi connectivity index (χ2n) is 6.02. The second-order valence-corrected chi connectivity index (χ2v) is 6.02. The first-order valence-electron chi connectivity index (χ1n) is 6.99. The molecule has 0 aliphatic heterocycles. The van der Waals surface area contributed by atoms with Gasteiger partial charge < -0.3 is 20.2 Å². The quantitative estimate of drug-likeness (QED) is 0.909. The molecular formula is C16H22N2O3. The molecule has 1 aromatic heterocycles. The number of hydrogen-bond acceptors (Lipinski definition) is 4. The molecule has 0 bridgehead atoms. The molecular weight excluding hydrogens is 268 g/mol. The molecule has 0 saturated heterocycles. The van der Waals surface area contributed by atoms with Gasteiger partial charge in [0.1, 0.15) is 23.0 Å². The molecule has 0 radical (unpaired) electrons. The molecule has 0 spiro atoms. The molecule has 1 amide bonds. The predicted molar refractivity (Wildman–Crippen MR) is 82.1 cm³/mol. The minimum atomic E-state index is -0.549. The lowest BCUT2D eigenvalue weighted by Crippen LogP contribution is -2.37. The lowest BCUT2D eigenvalue weighted by Gasteiger charge is -2.22. The van der Waals surface area contributed by atoms with E-state index in [0.29, 0.717) is 5.76 Å². The molecule has 114 valence electrons. The van der Waals surface area contributed by atoms with E-state index in [1.54, 1.807) is 0 Å². The number of carbonyl (C=O) groups excluding carboxylic acids is 1. The van der Waals surface area contributed by atoms with Crippen molar-refractivity contribution in [1.29, 1.82) is 0 Å². The van der Waals surface area contributed by atoms with Gasteiger partial charge in [-0.15, -0.1) is 0 Å². The maximum atomic E-state index is 11.9. The Morgan fingerprint density at radius 2 is 2.05 bits per heavy atom. The Labute approximate surface area is 124 Å². The van der Waals surface area contributed by atoms with Crippen LogP contribution in [0.4, 0.5) is 4.79 Å². The summed E-state index contributed by atoms with van der Waals surface area (Å²) in [6.45, 7) is 7.64. The number of hydrogen-bond donors (Lipinski definition) is 2. The van der Waals surface area contributed by atoms with E-state index in [4.69, 9.17) is 14.9 Å². The summed E-state index contributed by atoms with van der Waals surface area (Å²) >= 11 is 0. The summed E-state index contributed by atoms with van der Waals surface area (Å²) in [6.07, 6.45) is -0.502. The minimum Gasteiger partial charge on any atom is -0.459 e. The fourth-order valence-corrected chi connectivity index (χ4v) is 2.21. The maximum Gasteiger partial charge on any atom is 0.408 e. The first-order valence-corrected chi connectivity index (χ1v) is 6.99. The van der Waals surface area contributed by atoms with Gasteiger partial charge in [-0.3, -0.25) is 0 Å². The highest BCUT2D eigenvalue weighted by molar-refractivity contribution is 5.82. The first kappa shape index (κ1) is 15.4. The van der Waals surface area contributed by atoms with Gasteiger partial charge in [0.05, 0.1) is 0 Å². The van der Waals surface area contributed by atoms with Crippen LogP contribution < -0.4 is 11.1 Å². The molecule has 1 heterocycles. The molecule has 3 N–H and O–H groups in total. The molecule has 0 aliphatic rings. The zero-order chi connectivity index (χ0) is 15.6. The number of nitrogens with one attached hydrogen (secondary N) is 1. The Balaban J connectivity index is 2.24. The predicted octanol–water partition coefficient (Wildman–Crippen LogP) is 3.27. The summed E-state index contributed by atoms with van der Waals surface area (Å²) in [5.41, 5.74) is 7.00. The number of amides is 1. The number of benzene rings is 1. The molecule has 2 aromatic rings. The highest BCUT2D eigenvalue weighted by Gasteiger charge is 2.24. The molecule has 0 aliphatic carbocycles. The zero-order valence-corrected chi connectivity index (χ0v) is 12.9. The monoisotopic (exact) mass is 290 g/mol. The number of nitrogens with two attached hydrogens (primary N) is 1. The van der Waals surface area contributed by atoms with Crippen LogP contribution in [0.5, 0.6) is 0 Å². The van der Waals surface area contributed by atoms with E-state index >= 15 is 0 Å². The lowest BCUT2D eigenvalue weighted by molar-refractivity contribution is 0.0499. The average molecular weight is 290 g/mol. The summed E-state index contributed by atoms with van der Waals surface area (Å²) in [6, 6.07) is 7.33. The Morgan fingerprint density at radius 3 is 2.62 bits per heavy atom. The Hall–Kier alpha value is -2.01. The topological polar surface area (TPSA) is 77.5 Å². The summed E-state index contributed by atoms with van der Waals surface area (Å²) in [5, 5.41) is 3.79. The highest BCUT2D eigenvalue weighted by Crippen LogP contribution is 2.29. The van der Waals surface area contributed by atoms with Crippen molar-refractivity contribution in [2.45, 2.75) is 39.3 Å². The van der Waals surface area contributed by atoms with Gasteiger partial charge in [0, 0.05) is 17.5 Å². The maximum absolute atomic E-state index is 11.9. The van der Waals surface area contributed by atoms with Crippen LogP contribution in [0.2, 0.25) is 0 Å². The smallest absolute Gasteiger partial charge is 0.408 e. The fraction of sp³-hybridized carbons (Fsp3) is 0.438. The van der Waals surface area contributed by atoms with Crippen molar-refractivity contribution >= 4 is 17.1 Å². The van der Waals surface area contributed by atoms with Crippen LogP contribution in [0, 0.1) is 6.92 Å².